The van der Waals surface area contributed by atoms with Crippen LogP contribution in [0.25, 0.3) is 0 Å². The second-order valence-corrected chi connectivity index (χ2v) is 13.9. The first-order valence-electron chi connectivity index (χ1n) is 14.2. The summed E-state index contributed by atoms with van der Waals surface area (Å²) in [5.41, 5.74) is 7.69. The fourth-order valence-corrected chi connectivity index (χ4v) is 7.05. The Hall–Kier alpha value is -5.18. The minimum atomic E-state index is -1.34. The molecule has 4 rings (SSSR count). The number of anilines is 3. The van der Waals surface area contributed by atoms with E-state index in [-0.39, 0.29) is 51.8 Å². The van der Waals surface area contributed by atoms with Gasteiger partial charge in [-0.2, -0.15) is 0 Å². The number of rotatable bonds is 13. The van der Waals surface area contributed by atoms with Crippen LogP contribution in [0.15, 0.2) is 60.7 Å². The van der Waals surface area contributed by atoms with Crippen LogP contribution in [-0.2, 0) is 33.0 Å². The quantitative estimate of drug-likeness (QED) is 0.0340. The molecule has 0 aliphatic heterocycles. The summed E-state index contributed by atoms with van der Waals surface area (Å²) in [6.07, 6.45) is 6.52. The molecule has 4 aromatic rings. The van der Waals surface area contributed by atoms with Crippen molar-refractivity contribution >= 4 is 95.3 Å². The first kappa shape index (κ1) is 38.3. The van der Waals surface area contributed by atoms with Gasteiger partial charge in [0, 0.05) is 13.2 Å². The number of carbonyl (C=O) groups is 5. The van der Waals surface area contributed by atoms with Crippen molar-refractivity contribution in [3.05, 3.63) is 83.4 Å². The largest absolute Gasteiger partial charge is 0.344 e. The number of hydrogen-bond acceptors (Lipinski definition) is 6. The third-order valence-electron chi connectivity index (χ3n) is 6.95. The number of hydrogen-bond donors (Lipinski definition) is 7. The van der Waals surface area contributed by atoms with E-state index in [0.29, 0.717) is 35.0 Å². The van der Waals surface area contributed by atoms with Gasteiger partial charge in [-0.25, -0.2) is 0 Å². The average molecular weight is 777 g/mol. The van der Waals surface area contributed by atoms with E-state index in [4.69, 9.17) is 22.7 Å². The van der Waals surface area contributed by atoms with Crippen LogP contribution < -0.4 is 36.7 Å². The molecule has 8 N–H and O–H groups in total. The summed E-state index contributed by atoms with van der Waals surface area (Å²) >= 11 is 4.27. The van der Waals surface area contributed by atoms with Crippen molar-refractivity contribution in [2.45, 2.75) is 0 Å². The molecule has 260 valence electrons. The van der Waals surface area contributed by atoms with E-state index in [9.17, 15) is 24.0 Å². The first-order chi connectivity index (χ1) is 22.6. The van der Waals surface area contributed by atoms with E-state index in [1.165, 1.54) is 16.7 Å². The maximum atomic E-state index is 13.2. The summed E-state index contributed by atoms with van der Waals surface area (Å²) in [5, 5.41) is 20.4. The van der Waals surface area contributed by atoms with Gasteiger partial charge in [0.05, 0.1) is 10.7 Å². The zero-order valence-corrected chi connectivity index (χ0v) is 30.6. The van der Waals surface area contributed by atoms with Crippen LogP contribution in [0.1, 0.15) is 42.0 Å². The van der Waals surface area contributed by atoms with Crippen LogP contribution in [0, 0.1) is 5.41 Å². The van der Waals surface area contributed by atoms with E-state index >= 15 is 0 Å². The molecule has 0 aliphatic carbocycles. The van der Waals surface area contributed by atoms with Gasteiger partial charge < -0.3 is 9.88 Å². The standard InChI is InChI=1S/C30H35AsClN11O5.ClH/c1-16(32)26(45)37-19-10-23(42(4)14-19)29(48)39-20-11-24(43(5)15-20)28(47)38-18-9-21(41(3)13-18)25(44)31-17-8-22(40(2)12-17)27(46)35-6-7-36-30(33)34;/h8-15,31H,1,6-7H2,2-5H3,(H,35,46)(H,37,45)(H,38,47)(H,39,48)(H4,33,34,36);1H. The molecule has 16 nitrogen and oxygen atoms in total. The van der Waals surface area contributed by atoms with Crippen molar-refractivity contribution < 1.29 is 24.0 Å². The zero-order chi connectivity index (χ0) is 35.3. The van der Waals surface area contributed by atoms with Crippen LogP contribution in [0.5, 0.6) is 0 Å². The van der Waals surface area contributed by atoms with Gasteiger partial charge in [-0.15, -0.1) is 12.4 Å². The van der Waals surface area contributed by atoms with Gasteiger partial charge >= 0.3 is 219 Å². The van der Waals surface area contributed by atoms with Crippen molar-refractivity contribution in [3.63, 3.8) is 0 Å². The molecule has 1 unspecified atom stereocenters. The molecule has 49 heavy (non-hydrogen) atoms. The van der Waals surface area contributed by atoms with Crippen LogP contribution >= 0.6 is 24.0 Å². The Labute approximate surface area is 299 Å². The van der Waals surface area contributed by atoms with Gasteiger partial charge in [0.2, 0.25) is 0 Å². The van der Waals surface area contributed by atoms with Gasteiger partial charge in [0.25, 0.3) is 5.91 Å². The molecule has 4 amide bonds. The molecule has 0 bridgehead atoms. The second-order valence-electron chi connectivity index (χ2n) is 10.7. The number of nitrogens with two attached hydrogens (primary N) is 1. The predicted octanol–water partition coefficient (Wildman–Crippen LogP) is 0.773. The van der Waals surface area contributed by atoms with E-state index in [1.54, 1.807) is 78.8 Å². The maximum Gasteiger partial charge on any atom is 0.0276 e. The monoisotopic (exact) mass is 775 g/mol. The van der Waals surface area contributed by atoms with E-state index < -0.39 is 33.5 Å². The Morgan fingerprint density at radius 3 is 1.65 bits per heavy atom. The molecule has 0 aliphatic rings. The van der Waals surface area contributed by atoms with Crippen molar-refractivity contribution in [1.82, 2.24) is 28.9 Å². The summed E-state index contributed by atoms with van der Waals surface area (Å²) in [5.74, 6) is -2.01. The number of nitrogens with zero attached hydrogens (tertiary/aromatic N) is 4. The number of nitrogens with one attached hydrogen (secondary N) is 6. The van der Waals surface area contributed by atoms with Crippen molar-refractivity contribution in [1.29, 1.82) is 5.41 Å². The Bertz CT molecular complexity index is 1960. The maximum absolute atomic E-state index is 13.2. The summed E-state index contributed by atoms with van der Waals surface area (Å²) in [6, 6.07) is 6.28. The summed E-state index contributed by atoms with van der Waals surface area (Å²) in [6.45, 7) is 3.95. The van der Waals surface area contributed by atoms with Gasteiger partial charge in [0.15, 0.2) is 0 Å². The molecule has 1 atom stereocenters. The topological polar surface area (TPSA) is 215 Å². The second kappa shape index (κ2) is 16.3. The van der Waals surface area contributed by atoms with Crippen molar-refractivity contribution in [2.75, 3.05) is 29.0 Å². The molecule has 0 radical (unpaired) electrons. The SMILES string of the molecule is C=C(Cl)C(=O)Nc1cc(C(=O)Nc2cc(C(=O)Nc3cc(C(=O)[AsH]c4cc(C(=O)NCCNC(=N)N)n(C)c4)n(C)c3)n(C)c2)n(C)c1.Cl. The molecule has 0 spiro atoms. The summed E-state index contributed by atoms with van der Waals surface area (Å²) < 4.78 is 7.04. The minimum absolute atomic E-state index is 0. The van der Waals surface area contributed by atoms with Crippen LogP contribution in [0.3, 0.4) is 0 Å². The van der Waals surface area contributed by atoms with Gasteiger partial charge in [-0.3, -0.25) is 4.79 Å². The molecule has 4 aromatic heterocycles. The van der Waals surface area contributed by atoms with Crippen LogP contribution in [0.2, 0.25) is 0 Å². The summed E-state index contributed by atoms with van der Waals surface area (Å²) in [7, 11) is 6.72. The van der Waals surface area contributed by atoms with Crippen molar-refractivity contribution in [2.24, 2.45) is 33.9 Å². The number of guanidine groups is 1. The van der Waals surface area contributed by atoms with Gasteiger partial charge in [-0.05, 0) is 6.07 Å². The van der Waals surface area contributed by atoms with Crippen LogP contribution in [-0.4, -0.2) is 81.3 Å². The number of aromatic nitrogens is 4. The molecule has 0 fully saturated rings. The fourth-order valence-electron chi connectivity index (χ4n) is 4.68. The fraction of sp³-hybridized carbons (Fsp3) is 0.200. The number of aryl methyl sites for hydroxylation is 4. The van der Waals surface area contributed by atoms with E-state index in [1.807, 2.05) is 0 Å². The Balaban J connectivity index is 0.00000650. The number of amides is 4. The molecular formula is C30H36AsCl2N11O5. The van der Waals surface area contributed by atoms with Gasteiger partial charge in [0.1, 0.15) is 0 Å². The third-order valence-corrected chi connectivity index (χ3v) is 9.32. The molecular weight excluding hydrogens is 740 g/mol. The normalized spacial score (nSPS) is 10.7. The minimum Gasteiger partial charge on any atom is -0.344 e. The smallest absolute Gasteiger partial charge is 0.0276 e. The molecule has 0 aromatic carbocycles. The van der Waals surface area contributed by atoms with Crippen molar-refractivity contribution in [3.8, 4) is 0 Å². The molecule has 0 saturated carbocycles. The summed E-state index contributed by atoms with van der Waals surface area (Å²) in [4.78, 5) is 63.7. The number of halogens is 2. The third kappa shape index (κ3) is 9.69. The Morgan fingerprint density at radius 1 is 0.714 bits per heavy atom. The first-order valence-corrected chi connectivity index (χ1v) is 16.7. The van der Waals surface area contributed by atoms with Crippen LogP contribution in [0.4, 0.5) is 17.1 Å². The van der Waals surface area contributed by atoms with E-state index in [2.05, 4.69) is 33.2 Å². The van der Waals surface area contributed by atoms with E-state index in [0.717, 1.165) is 4.35 Å². The number of carbonyl (C=O) groups excluding carboxylic acids is 5. The van der Waals surface area contributed by atoms with Gasteiger partial charge in [-0.1, -0.05) is 18.2 Å². The molecule has 19 heteroatoms. The Morgan fingerprint density at radius 2 is 1.14 bits per heavy atom. The average Bonchev–Trinajstić information content (AvgIpc) is 3.76. The predicted molar refractivity (Wildman–Crippen MR) is 192 cm³/mol. The molecule has 0 saturated heterocycles. The Kier molecular flexibility index (Phi) is 12.7. The molecule has 4 heterocycles. The zero-order valence-electron chi connectivity index (χ0n) is 26.9.